The molecule has 1 heterocycles. The smallest absolute Gasteiger partial charge is 0.155 e. The fraction of sp³-hybridized carbons (Fsp3) is 0.667. The highest BCUT2D eigenvalue weighted by molar-refractivity contribution is 6.30. The van der Waals surface area contributed by atoms with E-state index in [1.54, 1.807) is 0 Å². The molecule has 0 aliphatic heterocycles. The number of aromatic nitrogens is 2. The lowest BCUT2D eigenvalue weighted by molar-refractivity contribution is 0.556. The number of nitrogens with zero attached hydrogens (tertiary/aromatic N) is 3. The van der Waals surface area contributed by atoms with Crippen LogP contribution in [0, 0.1) is 19.8 Å². The summed E-state index contributed by atoms with van der Waals surface area (Å²) in [5, 5.41) is 8.64. The Morgan fingerprint density at radius 3 is 2.44 bits per heavy atom. The number of hydrogen-bond donors (Lipinski definition) is 0. The molecule has 0 bridgehead atoms. The Bertz CT molecular complexity index is 366. The molecule has 0 saturated carbocycles. The highest BCUT2D eigenvalue weighted by Gasteiger charge is 2.13. The molecule has 1 unspecified atom stereocenters. The first kappa shape index (κ1) is 13.2. The molecule has 0 N–H and O–H groups in total. The van der Waals surface area contributed by atoms with Crippen molar-refractivity contribution in [2.45, 2.75) is 34.1 Å². The monoisotopic (exact) mass is 241 g/mol. The zero-order chi connectivity index (χ0) is 12.3. The van der Waals surface area contributed by atoms with Gasteiger partial charge in [0.1, 0.15) is 0 Å². The van der Waals surface area contributed by atoms with Gasteiger partial charge in [0, 0.05) is 13.6 Å². The third kappa shape index (κ3) is 2.85. The fourth-order valence-electron chi connectivity index (χ4n) is 1.61. The minimum Gasteiger partial charge on any atom is -0.358 e. The molecule has 16 heavy (non-hydrogen) atoms. The standard InChI is InChI=1S/C12H20ClN3/c1-6-8(2)7-16(5)12-10(4)9(3)11(13)14-15-12/h8H,6-7H2,1-5H3. The van der Waals surface area contributed by atoms with E-state index < -0.39 is 0 Å². The van der Waals surface area contributed by atoms with E-state index in [9.17, 15) is 0 Å². The van der Waals surface area contributed by atoms with E-state index in [2.05, 4.69) is 36.0 Å². The molecule has 1 aromatic heterocycles. The quantitative estimate of drug-likeness (QED) is 0.811. The molecule has 1 rings (SSSR count). The summed E-state index contributed by atoms with van der Waals surface area (Å²) < 4.78 is 0. The van der Waals surface area contributed by atoms with Gasteiger partial charge in [0.25, 0.3) is 0 Å². The van der Waals surface area contributed by atoms with E-state index in [-0.39, 0.29) is 0 Å². The lowest BCUT2D eigenvalue weighted by atomic mass is 10.1. The minimum absolute atomic E-state index is 0.498. The predicted octanol–water partition coefficient (Wildman–Crippen LogP) is 3.23. The second kappa shape index (κ2) is 5.48. The van der Waals surface area contributed by atoms with Crippen LogP contribution in [0.1, 0.15) is 31.4 Å². The van der Waals surface area contributed by atoms with E-state index in [0.29, 0.717) is 11.1 Å². The Hall–Kier alpha value is -0.830. The Morgan fingerprint density at radius 1 is 1.25 bits per heavy atom. The van der Waals surface area contributed by atoms with Crippen molar-refractivity contribution in [1.82, 2.24) is 10.2 Å². The van der Waals surface area contributed by atoms with Gasteiger partial charge in [-0.15, -0.1) is 10.2 Å². The third-order valence-corrected chi connectivity index (χ3v) is 3.44. The maximum atomic E-state index is 5.93. The van der Waals surface area contributed by atoms with Gasteiger partial charge in [-0.05, 0) is 30.9 Å². The van der Waals surface area contributed by atoms with Gasteiger partial charge in [-0.3, -0.25) is 0 Å². The molecule has 0 radical (unpaired) electrons. The van der Waals surface area contributed by atoms with E-state index in [4.69, 9.17) is 11.6 Å². The maximum absolute atomic E-state index is 5.93. The summed E-state index contributed by atoms with van der Waals surface area (Å²) in [4.78, 5) is 2.15. The van der Waals surface area contributed by atoms with Crippen molar-refractivity contribution in [3.63, 3.8) is 0 Å². The topological polar surface area (TPSA) is 29.0 Å². The van der Waals surface area contributed by atoms with Gasteiger partial charge in [0.15, 0.2) is 11.0 Å². The van der Waals surface area contributed by atoms with E-state index >= 15 is 0 Å². The summed E-state index contributed by atoms with van der Waals surface area (Å²) in [6.07, 6.45) is 1.17. The summed E-state index contributed by atoms with van der Waals surface area (Å²) >= 11 is 5.93. The normalized spacial score (nSPS) is 12.6. The molecule has 0 fully saturated rings. The lowest BCUT2D eigenvalue weighted by Gasteiger charge is -2.23. The van der Waals surface area contributed by atoms with Crippen molar-refractivity contribution in [3.8, 4) is 0 Å². The van der Waals surface area contributed by atoms with Gasteiger partial charge in [-0.25, -0.2) is 0 Å². The van der Waals surface area contributed by atoms with Gasteiger partial charge in [0.2, 0.25) is 0 Å². The molecule has 0 aliphatic rings. The molecule has 1 aromatic rings. The van der Waals surface area contributed by atoms with Crippen LogP contribution >= 0.6 is 11.6 Å². The van der Waals surface area contributed by atoms with Crippen molar-refractivity contribution in [3.05, 3.63) is 16.3 Å². The van der Waals surface area contributed by atoms with Crippen molar-refractivity contribution >= 4 is 17.4 Å². The van der Waals surface area contributed by atoms with Crippen LogP contribution in [0.3, 0.4) is 0 Å². The van der Waals surface area contributed by atoms with Crippen LogP contribution in [0.25, 0.3) is 0 Å². The summed E-state index contributed by atoms with van der Waals surface area (Å²) in [5.74, 6) is 1.59. The Balaban J connectivity index is 2.92. The summed E-state index contributed by atoms with van der Waals surface area (Å²) in [5.41, 5.74) is 2.13. The van der Waals surface area contributed by atoms with E-state index in [1.807, 2.05) is 13.8 Å². The maximum Gasteiger partial charge on any atom is 0.155 e. The van der Waals surface area contributed by atoms with Crippen molar-refractivity contribution < 1.29 is 0 Å². The summed E-state index contributed by atoms with van der Waals surface area (Å²) in [6, 6.07) is 0. The molecule has 0 aromatic carbocycles. The molecule has 90 valence electrons. The van der Waals surface area contributed by atoms with Gasteiger partial charge >= 0.3 is 0 Å². The average Bonchev–Trinajstić information content (AvgIpc) is 2.25. The second-order valence-corrected chi connectivity index (χ2v) is 4.82. The Labute approximate surface area is 103 Å². The second-order valence-electron chi connectivity index (χ2n) is 4.46. The minimum atomic E-state index is 0.498. The zero-order valence-corrected chi connectivity index (χ0v) is 11.5. The third-order valence-electron chi connectivity index (χ3n) is 3.08. The number of anilines is 1. The van der Waals surface area contributed by atoms with Gasteiger partial charge in [0.05, 0.1) is 0 Å². The molecule has 0 amide bonds. The van der Waals surface area contributed by atoms with Crippen LogP contribution in [0.15, 0.2) is 0 Å². The molecular formula is C12H20ClN3. The molecule has 4 heteroatoms. The van der Waals surface area contributed by atoms with Crippen LogP contribution in [0.2, 0.25) is 5.15 Å². The van der Waals surface area contributed by atoms with Crippen LogP contribution in [0.5, 0.6) is 0 Å². The average molecular weight is 242 g/mol. The highest BCUT2D eigenvalue weighted by Crippen LogP contribution is 2.23. The first-order valence-corrected chi connectivity index (χ1v) is 6.05. The Kier molecular flexibility index (Phi) is 4.54. The van der Waals surface area contributed by atoms with Crippen molar-refractivity contribution in [2.75, 3.05) is 18.5 Å². The van der Waals surface area contributed by atoms with Gasteiger partial charge in [-0.2, -0.15) is 0 Å². The fourth-order valence-corrected chi connectivity index (χ4v) is 1.79. The number of rotatable bonds is 4. The van der Waals surface area contributed by atoms with Gasteiger partial charge < -0.3 is 4.90 Å². The van der Waals surface area contributed by atoms with Crippen LogP contribution in [0.4, 0.5) is 5.82 Å². The lowest BCUT2D eigenvalue weighted by Crippen LogP contribution is -2.26. The van der Waals surface area contributed by atoms with Crippen molar-refractivity contribution in [1.29, 1.82) is 0 Å². The van der Waals surface area contributed by atoms with Crippen LogP contribution < -0.4 is 4.90 Å². The molecular weight excluding hydrogens is 222 g/mol. The van der Waals surface area contributed by atoms with Gasteiger partial charge in [-0.1, -0.05) is 31.9 Å². The SMILES string of the molecule is CCC(C)CN(C)c1nnc(Cl)c(C)c1C. The molecule has 0 spiro atoms. The first-order valence-electron chi connectivity index (χ1n) is 5.67. The molecule has 0 saturated heterocycles. The number of halogens is 1. The van der Waals surface area contributed by atoms with E-state index in [0.717, 1.165) is 23.5 Å². The number of hydrogen-bond acceptors (Lipinski definition) is 3. The van der Waals surface area contributed by atoms with Crippen molar-refractivity contribution in [2.24, 2.45) is 5.92 Å². The molecule has 0 aliphatic carbocycles. The van der Waals surface area contributed by atoms with Crippen LogP contribution in [-0.4, -0.2) is 23.8 Å². The highest BCUT2D eigenvalue weighted by atomic mass is 35.5. The zero-order valence-electron chi connectivity index (χ0n) is 10.7. The summed E-state index contributed by atoms with van der Waals surface area (Å²) in [6.45, 7) is 9.45. The molecule has 1 atom stereocenters. The predicted molar refractivity (Wildman–Crippen MR) is 69.2 cm³/mol. The van der Waals surface area contributed by atoms with E-state index in [1.165, 1.54) is 6.42 Å². The molecule has 3 nitrogen and oxygen atoms in total. The Morgan fingerprint density at radius 2 is 1.88 bits per heavy atom. The largest absolute Gasteiger partial charge is 0.358 e. The van der Waals surface area contributed by atoms with Crippen LogP contribution in [-0.2, 0) is 0 Å². The first-order chi connectivity index (χ1) is 7.47. The summed E-state index contributed by atoms with van der Waals surface area (Å²) in [7, 11) is 2.05.